The van der Waals surface area contributed by atoms with Crippen LogP contribution in [0, 0.1) is 0 Å². The fraction of sp³-hybridized carbons (Fsp3) is 0.0714. The highest BCUT2D eigenvalue weighted by atomic mass is 35.5. The number of hydrogen-bond acceptors (Lipinski definition) is 4. The van der Waals surface area contributed by atoms with Crippen LogP contribution in [0.4, 0.5) is 5.69 Å². The van der Waals surface area contributed by atoms with Crippen LogP contribution in [0.2, 0.25) is 0 Å². The van der Waals surface area contributed by atoms with Crippen molar-refractivity contribution in [1.82, 2.24) is 0 Å². The number of carbonyl (C=O) groups is 3. The molecule has 0 aromatic heterocycles. The second-order valence-electron chi connectivity index (χ2n) is 4.24. The van der Waals surface area contributed by atoms with Crippen LogP contribution in [0.25, 0.3) is 0 Å². The summed E-state index contributed by atoms with van der Waals surface area (Å²) < 4.78 is 5.00. The fourth-order valence-corrected chi connectivity index (χ4v) is 1.90. The first-order valence-electron chi connectivity index (χ1n) is 5.74. The van der Waals surface area contributed by atoms with Gasteiger partial charge in [-0.1, -0.05) is 29.8 Å². The van der Waals surface area contributed by atoms with Gasteiger partial charge in [-0.05, 0) is 31.2 Å². The number of ether oxygens (including phenoxy) is 1. The molecule has 0 atom stereocenters. The van der Waals surface area contributed by atoms with Crippen molar-refractivity contribution in [2.45, 2.75) is 6.92 Å². The van der Waals surface area contributed by atoms with Crippen molar-refractivity contribution < 1.29 is 19.1 Å². The van der Waals surface area contributed by atoms with Crippen LogP contribution in [-0.4, -0.2) is 17.8 Å². The van der Waals surface area contributed by atoms with Crippen molar-refractivity contribution in [3.8, 4) is 5.75 Å². The van der Waals surface area contributed by atoms with E-state index in [1.54, 1.807) is 0 Å². The molecule has 1 aromatic rings. The van der Waals surface area contributed by atoms with Crippen LogP contribution in [0.5, 0.6) is 5.75 Å². The number of nitrogens with zero attached hydrogens (tertiary/aromatic N) is 1. The fourth-order valence-electron chi connectivity index (χ4n) is 1.57. The largest absolute Gasteiger partial charge is 0.423 e. The number of hydrogen-bond donors (Lipinski definition) is 0. The minimum Gasteiger partial charge on any atom is -0.423 e. The zero-order valence-corrected chi connectivity index (χ0v) is 12.4. The summed E-state index contributed by atoms with van der Waals surface area (Å²) in [4.78, 5) is 35.8. The number of carbonyl (C=O) groups excluding carboxylic acids is 3. The number of imide groups is 1. The first kappa shape index (κ1) is 15.3. The number of halogens is 2. The van der Waals surface area contributed by atoms with E-state index in [0.717, 1.165) is 4.90 Å². The van der Waals surface area contributed by atoms with Crippen LogP contribution in [0.1, 0.15) is 6.92 Å². The highest BCUT2D eigenvalue weighted by molar-refractivity contribution is 6.62. The number of amides is 2. The lowest BCUT2D eigenvalue weighted by atomic mass is 10.2. The first-order chi connectivity index (χ1) is 9.82. The molecule has 5 nitrogen and oxygen atoms in total. The molecule has 0 spiro atoms. The summed E-state index contributed by atoms with van der Waals surface area (Å²) in [5, 5.41) is -0.640. The van der Waals surface area contributed by atoms with Crippen molar-refractivity contribution in [2.24, 2.45) is 0 Å². The molecule has 2 rings (SSSR count). The van der Waals surface area contributed by atoms with Gasteiger partial charge in [0, 0.05) is 5.57 Å². The summed E-state index contributed by atoms with van der Waals surface area (Å²) in [6.07, 6.45) is 0. The number of benzene rings is 1. The lowest BCUT2D eigenvalue weighted by molar-refractivity contribution is -0.130. The Hall–Kier alpha value is -2.11. The van der Waals surface area contributed by atoms with Gasteiger partial charge in [-0.15, -0.1) is 0 Å². The van der Waals surface area contributed by atoms with E-state index in [1.165, 1.54) is 31.2 Å². The summed E-state index contributed by atoms with van der Waals surface area (Å²) in [5.74, 6) is -1.70. The van der Waals surface area contributed by atoms with Crippen molar-refractivity contribution in [3.63, 3.8) is 0 Å². The van der Waals surface area contributed by atoms with E-state index in [-0.39, 0.29) is 27.1 Å². The standard InChI is InChI=1S/C14H9Cl2NO4/c1-7(2)14(20)21-9-5-3-8(4-6-9)17-12(18)10(15)11(16)13(17)19/h3-6H,1H2,2H3. The van der Waals surface area contributed by atoms with E-state index in [2.05, 4.69) is 6.58 Å². The molecule has 0 saturated carbocycles. The predicted octanol–water partition coefficient (Wildman–Crippen LogP) is 2.73. The molecule has 1 heterocycles. The molecule has 0 fully saturated rings. The maximum absolute atomic E-state index is 11.8. The molecule has 1 aromatic carbocycles. The third-order valence-corrected chi connectivity index (χ3v) is 3.43. The van der Waals surface area contributed by atoms with Gasteiger partial charge in [-0.2, -0.15) is 0 Å². The molecule has 0 unspecified atom stereocenters. The molecule has 7 heteroatoms. The average molecular weight is 326 g/mol. The summed E-state index contributed by atoms with van der Waals surface area (Å²) in [6.45, 7) is 4.98. The van der Waals surface area contributed by atoms with Gasteiger partial charge < -0.3 is 4.74 Å². The molecule has 108 valence electrons. The molecule has 0 radical (unpaired) electrons. The van der Waals surface area contributed by atoms with Crippen LogP contribution < -0.4 is 9.64 Å². The van der Waals surface area contributed by atoms with Gasteiger partial charge in [0.15, 0.2) is 0 Å². The lowest BCUT2D eigenvalue weighted by Crippen LogP contribution is -2.30. The van der Waals surface area contributed by atoms with E-state index < -0.39 is 17.8 Å². The summed E-state index contributed by atoms with van der Waals surface area (Å²) in [7, 11) is 0. The Bertz CT molecular complexity index is 667. The second kappa shape index (κ2) is 5.71. The molecular formula is C14H9Cl2NO4. The van der Waals surface area contributed by atoms with Crippen molar-refractivity contribution in [1.29, 1.82) is 0 Å². The molecule has 1 aliphatic rings. The van der Waals surface area contributed by atoms with Gasteiger partial charge >= 0.3 is 5.97 Å². The average Bonchev–Trinajstić information content (AvgIpc) is 2.64. The van der Waals surface area contributed by atoms with Crippen molar-refractivity contribution in [3.05, 3.63) is 46.5 Å². The van der Waals surface area contributed by atoms with Gasteiger partial charge in [0.25, 0.3) is 11.8 Å². The van der Waals surface area contributed by atoms with E-state index in [9.17, 15) is 14.4 Å². The highest BCUT2D eigenvalue weighted by Crippen LogP contribution is 2.31. The maximum Gasteiger partial charge on any atom is 0.338 e. The first-order valence-corrected chi connectivity index (χ1v) is 6.50. The van der Waals surface area contributed by atoms with E-state index >= 15 is 0 Å². The molecule has 0 saturated heterocycles. The zero-order valence-electron chi connectivity index (χ0n) is 10.9. The van der Waals surface area contributed by atoms with Gasteiger partial charge in [0.2, 0.25) is 0 Å². The molecular weight excluding hydrogens is 317 g/mol. The SMILES string of the molecule is C=C(C)C(=O)Oc1ccc(N2C(=O)C(Cl)=C(Cl)C2=O)cc1. The maximum atomic E-state index is 11.8. The van der Waals surface area contributed by atoms with Crippen molar-refractivity contribution in [2.75, 3.05) is 4.90 Å². The third kappa shape index (κ3) is 2.84. The summed E-state index contributed by atoms with van der Waals surface area (Å²) >= 11 is 11.3. The Labute approximate surface area is 130 Å². The second-order valence-corrected chi connectivity index (χ2v) is 4.99. The Kier molecular flexibility index (Phi) is 4.16. The topological polar surface area (TPSA) is 63.7 Å². The molecule has 1 aliphatic heterocycles. The lowest BCUT2D eigenvalue weighted by Gasteiger charge is -2.14. The summed E-state index contributed by atoms with van der Waals surface area (Å²) in [5.41, 5.74) is 0.528. The van der Waals surface area contributed by atoms with Crippen LogP contribution in [0.3, 0.4) is 0 Å². The number of anilines is 1. The zero-order chi connectivity index (χ0) is 15.7. The Morgan fingerprint density at radius 2 is 1.57 bits per heavy atom. The normalized spacial score (nSPS) is 14.7. The molecule has 0 N–H and O–H groups in total. The Balaban J connectivity index is 2.21. The molecule has 21 heavy (non-hydrogen) atoms. The monoisotopic (exact) mass is 325 g/mol. The van der Waals surface area contributed by atoms with Gasteiger partial charge in [-0.25, -0.2) is 9.69 Å². The van der Waals surface area contributed by atoms with Gasteiger partial charge in [0.1, 0.15) is 15.8 Å². The predicted molar refractivity (Wildman–Crippen MR) is 78.1 cm³/mol. The molecule has 0 aliphatic carbocycles. The Morgan fingerprint density at radius 1 is 1.10 bits per heavy atom. The summed E-state index contributed by atoms with van der Waals surface area (Å²) in [6, 6.07) is 5.76. The van der Waals surface area contributed by atoms with Gasteiger partial charge in [0.05, 0.1) is 5.69 Å². The van der Waals surface area contributed by atoms with E-state index in [1.807, 2.05) is 0 Å². The van der Waals surface area contributed by atoms with Crippen LogP contribution >= 0.6 is 23.2 Å². The van der Waals surface area contributed by atoms with Gasteiger partial charge in [-0.3, -0.25) is 9.59 Å². The number of esters is 1. The number of rotatable bonds is 3. The van der Waals surface area contributed by atoms with E-state index in [4.69, 9.17) is 27.9 Å². The Morgan fingerprint density at radius 3 is 2.00 bits per heavy atom. The van der Waals surface area contributed by atoms with Crippen LogP contribution in [0.15, 0.2) is 46.5 Å². The third-order valence-electron chi connectivity index (χ3n) is 2.63. The minimum absolute atomic E-state index is 0.256. The van der Waals surface area contributed by atoms with E-state index in [0.29, 0.717) is 0 Å². The molecule has 0 bridgehead atoms. The quantitative estimate of drug-likeness (QED) is 0.371. The smallest absolute Gasteiger partial charge is 0.338 e. The van der Waals surface area contributed by atoms with Crippen molar-refractivity contribution >= 4 is 46.7 Å². The van der Waals surface area contributed by atoms with Crippen LogP contribution in [-0.2, 0) is 14.4 Å². The highest BCUT2D eigenvalue weighted by Gasteiger charge is 2.37. The minimum atomic E-state index is -0.696. The molecule has 2 amide bonds.